The van der Waals surface area contributed by atoms with E-state index in [0.29, 0.717) is 26.2 Å². The van der Waals surface area contributed by atoms with Gasteiger partial charge in [-0.25, -0.2) is 13.4 Å². The highest BCUT2D eigenvalue weighted by Gasteiger charge is 2.35. The smallest absolute Gasteiger partial charge is 0.246 e. The molecule has 0 radical (unpaired) electrons. The first-order chi connectivity index (χ1) is 12.5. The molecular weight excluding hydrogens is 354 g/mol. The Morgan fingerprint density at radius 1 is 1.35 bits per heavy atom. The summed E-state index contributed by atoms with van der Waals surface area (Å²) in [6.45, 7) is 7.11. The fourth-order valence-electron chi connectivity index (χ4n) is 3.42. The van der Waals surface area contributed by atoms with Crippen LogP contribution < -0.4 is 0 Å². The van der Waals surface area contributed by atoms with Crippen molar-refractivity contribution >= 4 is 10.0 Å². The Hall–Kier alpha value is -1.71. The van der Waals surface area contributed by atoms with Crippen LogP contribution in [0, 0.1) is 6.92 Å². The van der Waals surface area contributed by atoms with Crippen LogP contribution in [0.5, 0.6) is 0 Å². The van der Waals surface area contributed by atoms with Gasteiger partial charge in [-0.1, -0.05) is 0 Å². The number of nitrogens with zero attached hydrogens (tertiary/aromatic N) is 5. The van der Waals surface area contributed by atoms with Gasteiger partial charge in [0.15, 0.2) is 0 Å². The summed E-state index contributed by atoms with van der Waals surface area (Å²) < 4.78 is 36.3. The summed E-state index contributed by atoms with van der Waals surface area (Å²) in [5.74, 6) is 1.09. The molecule has 1 fully saturated rings. The molecule has 2 aromatic heterocycles. The number of hydrogen-bond acceptors (Lipinski definition) is 5. The summed E-state index contributed by atoms with van der Waals surface area (Å²) in [6, 6.07) is 0. The van der Waals surface area contributed by atoms with E-state index in [1.165, 1.54) is 6.20 Å². The Kier molecular flexibility index (Phi) is 5.79. The Labute approximate surface area is 154 Å². The second-order valence-corrected chi connectivity index (χ2v) is 8.57. The summed E-state index contributed by atoms with van der Waals surface area (Å²) in [6.07, 6.45) is 6.58. The molecule has 26 heavy (non-hydrogen) atoms. The maximum absolute atomic E-state index is 12.9. The minimum Gasteiger partial charge on any atom is -0.385 e. The first kappa shape index (κ1) is 19.1. The molecule has 1 atom stereocenters. The molecule has 0 spiro atoms. The van der Waals surface area contributed by atoms with Crippen LogP contribution in [-0.4, -0.2) is 58.9 Å². The van der Waals surface area contributed by atoms with E-state index in [9.17, 15) is 8.42 Å². The molecular formula is C17H27N5O3S. The summed E-state index contributed by atoms with van der Waals surface area (Å²) in [5.41, 5.74) is 1.10. The highest BCUT2D eigenvalue weighted by Crippen LogP contribution is 2.31. The molecule has 0 bridgehead atoms. The lowest BCUT2D eigenvalue weighted by atomic mass is 10.1. The van der Waals surface area contributed by atoms with Gasteiger partial charge < -0.3 is 9.30 Å². The highest BCUT2D eigenvalue weighted by atomic mass is 32.2. The van der Waals surface area contributed by atoms with Crippen molar-refractivity contribution in [1.82, 2.24) is 23.6 Å². The zero-order chi connectivity index (χ0) is 18.7. The summed E-state index contributed by atoms with van der Waals surface area (Å²) in [5, 5.41) is 4.09. The molecule has 0 amide bonds. The predicted octanol–water partition coefficient (Wildman–Crippen LogP) is 1.62. The predicted molar refractivity (Wildman–Crippen MR) is 97.5 cm³/mol. The fourth-order valence-corrected chi connectivity index (χ4v) is 4.88. The van der Waals surface area contributed by atoms with Gasteiger partial charge in [0.05, 0.1) is 6.20 Å². The SMILES string of the molecule is CCn1cc(S(=O)(=O)N2CCC(c3ncc(C)n3CCCOC)C2)cn1. The quantitative estimate of drug-likeness (QED) is 0.649. The Balaban J connectivity index is 1.74. The molecule has 1 unspecified atom stereocenters. The van der Waals surface area contributed by atoms with Gasteiger partial charge in [0.1, 0.15) is 10.7 Å². The van der Waals surface area contributed by atoms with E-state index in [4.69, 9.17) is 4.74 Å². The fraction of sp³-hybridized carbons (Fsp3) is 0.647. The second-order valence-electron chi connectivity index (χ2n) is 6.64. The van der Waals surface area contributed by atoms with Crippen LogP contribution in [0.25, 0.3) is 0 Å². The number of hydrogen-bond donors (Lipinski definition) is 0. The number of rotatable bonds is 8. The maximum atomic E-state index is 12.9. The van der Waals surface area contributed by atoms with Gasteiger partial charge in [0.25, 0.3) is 0 Å². The number of aromatic nitrogens is 4. The van der Waals surface area contributed by atoms with Crippen LogP contribution >= 0.6 is 0 Å². The lowest BCUT2D eigenvalue weighted by Gasteiger charge is -2.17. The van der Waals surface area contributed by atoms with E-state index in [1.54, 1.807) is 22.3 Å². The Bertz CT molecular complexity index is 842. The largest absolute Gasteiger partial charge is 0.385 e. The van der Waals surface area contributed by atoms with Gasteiger partial charge in [-0.2, -0.15) is 9.40 Å². The van der Waals surface area contributed by atoms with Crippen molar-refractivity contribution in [3.63, 3.8) is 0 Å². The molecule has 9 heteroatoms. The molecule has 3 rings (SSSR count). The Morgan fingerprint density at radius 3 is 2.85 bits per heavy atom. The molecule has 0 aromatic carbocycles. The summed E-state index contributed by atoms with van der Waals surface area (Å²) in [4.78, 5) is 4.83. The highest BCUT2D eigenvalue weighted by molar-refractivity contribution is 7.89. The van der Waals surface area contributed by atoms with Gasteiger partial charge >= 0.3 is 0 Å². The third kappa shape index (κ3) is 3.70. The van der Waals surface area contributed by atoms with Gasteiger partial charge in [0, 0.05) is 63.9 Å². The topological polar surface area (TPSA) is 82.2 Å². The zero-order valence-corrected chi connectivity index (χ0v) is 16.4. The number of imidazole rings is 1. The minimum atomic E-state index is -3.50. The van der Waals surface area contributed by atoms with Gasteiger partial charge in [-0.3, -0.25) is 4.68 Å². The third-order valence-corrected chi connectivity index (χ3v) is 6.72. The number of aryl methyl sites for hydroxylation is 2. The van der Waals surface area contributed by atoms with E-state index in [1.807, 2.05) is 20.0 Å². The van der Waals surface area contributed by atoms with Crippen LogP contribution in [0.3, 0.4) is 0 Å². The van der Waals surface area contributed by atoms with Crippen molar-refractivity contribution in [3.8, 4) is 0 Å². The monoisotopic (exact) mass is 381 g/mol. The molecule has 3 heterocycles. The molecule has 1 aliphatic rings. The average molecular weight is 382 g/mol. The van der Waals surface area contributed by atoms with Crippen molar-refractivity contribution < 1.29 is 13.2 Å². The summed E-state index contributed by atoms with van der Waals surface area (Å²) in [7, 11) is -1.81. The van der Waals surface area contributed by atoms with Crippen molar-refractivity contribution in [1.29, 1.82) is 0 Å². The molecule has 1 saturated heterocycles. The molecule has 0 saturated carbocycles. The van der Waals surface area contributed by atoms with Crippen LogP contribution in [0.2, 0.25) is 0 Å². The normalized spacial score (nSPS) is 18.7. The Morgan fingerprint density at radius 2 is 2.15 bits per heavy atom. The molecule has 0 N–H and O–H groups in total. The first-order valence-corrected chi connectivity index (χ1v) is 10.4. The minimum absolute atomic E-state index is 0.113. The average Bonchev–Trinajstić information content (AvgIpc) is 3.35. The molecule has 8 nitrogen and oxygen atoms in total. The lowest BCUT2D eigenvalue weighted by Crippen LogP contribution is -2.28. The van der Waals surface area contributed by atoms with Crippen LogP contribution in [-0.2, 0) is 27.8 Å². The zero-order valence-electron chi connectivity index (χ0n) is 15.6. The third-order valence-electron chi connectivity index (χ3n) is 4.90. The van der Waals surface area contributed by atoms with Crippen LogP contribution in [0.1, 0.15) is 37.2 Å². The molecule has 2 aromatic rings. The van der Waals surface area contributed by atoms with Gasteiger partial charge in [-0.05, 0) is 26.7 Å². The van der Waals surface area contributed by atoms with Crippen molar-refractivity contribution in [2.24, 2.45) is 0 Å². The van der Waals surface area contributed by atoms with E-state index < -0.39 is 10.0 Å². The van der Waals surface area contributed by atoms with E-state index in [-0.39, 0.29) is 10.8 Å². The van der Waals surface area contributed by atoms with E-state index in [0.717, 1.165) is 30.9 Å². The molecule has 0 aliphatic carbocycles. The number of sulfonamides is 1. The van der Waals surface area contributed by atoms with Gasteiger partial charge in [-0.15, -0.1) is 0 Å². The van der Waals surface area contributed by atoms with Crippen molar-refractivity contribution in [2.45, 2.75) is 50.6 Å². The second kappa shape index (κ2) is 7.89. The number of methoxy groups -OCH3 is 1. The van der Waals surface area contributed by atoms with Crippen molar-refractivity contribution in [2.75, 3.05) is 26.8 Å². The number of ether oxygens (including phenoxy) is 1. The molecule has 144 valence electrons. The van der Waals surface area contributed by atoms with Crippen LogP contribution in [0.15, 0.2) is 23.5 Å². The lowest BCUT2D eigenvalue weighted by molar-refractivity contribution is 0.189. The summed E-state index contributed by atoms with van der Waals surface area (Å²) >= 11 is 0. The standard InChI is InChI=1S/C17H27N5O3S/c1-4-20-13-16(11-19-20)26(23,24)21-8-6-15(12-21)17-18-10-14(2)22(17)7-5-9-25-3/h10-11,13,15H,4-9,12H2,1-3H3. The van der Waals surface area contributed by atoms with E-state index >= 15 is 0 Å². The maximum Gasteiger partial charge on any atom is 0.246 e. The van der Waals surface area contributed by atoms with Crippen LogP contribution in [0.4, 0.5) is 0 Å². The van der Waals surface area contributed by atoms with E-state index in [2.05, 4.69) is 14.6 Å². The molecule has 1 aliphatic heterocycles. The first-order valence-electron chi connectivity index (χ1n) is 9.01. The van der Waals surface area contributed by atoms with Crippen molar-refractivity contribution in [3.05, 3.63) is 30.1 Å². The van der Waals surface area contributed by atoms with Gasteiger partial charge in [0.2, 0.25) is 10.0 Å².